The van der Waals surface area contributed by atoms with E-state index in [-0.39, 0.29) is 19.1 Å². The van der Waals surface area contributed by atoms with Crippen molar-refractivity contribution in [2.24, 2.45) is 20.7 Å². The molecule has 0 radical (unpaired) electrons. The van der Waals surface area contributed by atoms with Crippen LogP contribution in [-0.2, 0) is 15.1 Å². The highest BCUT2D eigenvalue weighted by molar-refractivity contribution is 6.47. The summed E-state index contributed by atoms with van der Waals surface area (Å²) in [5.41, 5.74) is 6.18. The van der Waals surface area contributed by atoms with Crippen LogP contribution in [0.1, 0.15) is 5.56 Å². The zero-order valence-corrected chi connectivity index (χ0v) is 14.6. The van der Waals surface area contributed by atoms with Crippen molar-refractivity contribution < 1.29 is 24.1 Å². The second-order valence-electron chi connectivity index (χ2n) is 6.53. The van der Waals surface area contributed by atoms with Crippen molar-refractivity contribution in [1.82, 2.24) is 4.90 Å². The molecule has 1 fully saturated rings. The summed E-state index contributed by atoms with van der Waals surface area (Å²) in [6, 6.07) is 5.72. The van der Waals surface area contributed by atoms with Gasteiger partial charge >= 0.3 is 0 Å². The summed E-state index contributed by atoms with van der Waals surface area (Å²) in [7, 11) is 1.46. The summed E-state index contributed by atoms with van der Waals surface area (Å²) in [5.74, 6) is 0.0620. The summed E-state index contributed by atoms with van der Waals surface area (Å²) in [5, 5.41) is 19.7. The summed E-state index contributed by atoms with van der Waals surface area (Å²) >= 11 is 0. The normalized spacial score (nSPS) is 35.2. The van der Waals surface area contributed by atoms with Gasteiger partial charge in [0.2, 0.25) is 0 Å². The molecule has 144 valence electrons. The number of aliphatic imine (C=N–C) groups is 3. The van der Waals surface area contributed by atoms with E-state index in [2.05, 4.69) is 15.0 Å². The molecule has 0 amide bonds. The van der Waals surface area contributed by atoms with Crippen LogP contribution in [0.2, 0.25) is 0 Å². The molecule has 9 nitrogen and oxygen atoms in total. The summed E-state index contributed by atoms with van der Waals surface area (Å²) in [4.78, 5) is 14.7. The molecule has 0 bridgehead atoms. The first-order chi connectivity index (χ1) is 13.0. The molecule has 0 spiro atoms. The van der Waals surface area contributed by atoms with Crippen molar-refractivity contribution in [2.75, 3.05) is 20.4 Å². The first kappa shape index (κ1) is 18.1. The SMILES string of the molecule is CO[C@@H]1[C@H](O)[C@@H](CO)O[C@H]1N1CN=C2C1=NC=NC2(N)c1ccc(F)cc1. The molecule has 0 aliphatic carbocycles. The number of fused-ring (bicyclic) bond motifs is 1. The van der Waals surface area contributed by atoms with Crippen LogP contribution in [-0.4, -0.2) is 77.9 Å². The number of aliphatic hydroxyl groups is 2. The van der Waals surface area contributed by atoms with Gasteiger partial charge in [-0.15, -0.1) is 0 Å². The van der Waals surface area contributed by atoms with Gasteiger partial charge < -0.3 is 24.6 Å². The lowest BCUT2D eigenvalue weighted by atomic mass is 9.94. The van der Waals surface area contributed by atoms with Crippen LogP contribution in [0.25, 0.3) is 0 Å². The Morgan fingerprint density at radius 2 is 2.15 bits per heavy atom. The molecular formula is C17H20FN5O4. The van der Waals surface area contributed by atoms with Gasteiger partial charge in [0.05, 0.1) is 6.61 Å². The highest BCUT2D eigenvalue weighted by Gasteiger charge is 2.51. The van der Waals surface area contributed by atoms with Gasteiger partial charge in [-0.25, -0.2) is 14.4 Å². The average Bonchev–Trinajstić information content (AvgIpc) is 3.23. The third-order valence-corrected chi connectivity index (χ3v) is 5.02. The molecule has 3 heterocycles. The fourth-order valence-electron chi connectivity index (χ4n) is 3.57. The Labute approximate surface area is 154 Å². The highest BCUT2D eigenvalue weighted by atomic mass is 19.1. The molecule has 1 saturated heterocycles. The van der Waals surface area contributed by atoms with Crippen molar-refractivity contribution >= 4 is 17.9 Å². The fraction of sp³-hybridized carbons (Fsp3) is 0.471. The van der Waals surface area contributed by atoms with Gasteiger partial charge in [-0.1, -0.05) is 12.1 Å². The number of aliphatic hydroxyl groups excluding tert-OH is 2. The van der Waals surface area contributed by atoms with Crippen LogP contribution in [0.5, 0.6) is 0 Å². The summed E-state index contributed by atoms with van der Waals surface area (Å²) < 4.78 is 24.4. The lowest BCUT2D eigenvalue weighted by Gasteiger charge is -2.33. The van der Waals surface area contributed by atoms with E-state index in [1.54, 1.807) is 17.0 Å². The second-order valence-corrected chi connectivity index (χ2v) is 6.53. The highest BCUT2D eigenvalue weighted by Crippen LogP contribution is 2.33. The monoisotopic (exact) mass is 377 g/mol. The molecule has 4 N–H and O–H groups in total. The maximum atomic E-state index is 13.3. The van der Waals surface area contributed by atoms with Gasteiger partial charge in [-0.05, 0) is 12.1 Å². The van der Waals surface area contributed by atoms with E-state index in [9.17, 15) is 14.6 Å². The Kier molecular flexibility index (Phi) is 4.52. The molecule has 0 saturated carbocycles. The minimum absolute atomic E-state index is 0.174. The fourth-order valence-corrected chi connectivity index (χ4v) is 3.57. The predicted molar refractivity (Wildman–Crippen MR) is 94.9 cm³/mol. The molecule has 3 aliphatic heterocycles. The maximum Gasteiger partial charge on any atom is 0.181 e. The summed E-state index contributed by atoms with van der Waals surface area (Å²) in [6.45, 7) is -0.170. The first-order valence-electron chi connectivity index (χ1n) is 8.45. The van der Waals surface area contributed by atoms with E-state index in [1.165, 1.54) is 25.6 Å². The maximum absolute atomic E-state index is 13.3. The lowest BCUT2D eigenvalue weighted by Crippen LogP contribution is -2.54. The minimum atomic E-state index is -1.31. The number of nitrogens with zero attached hydrogens (tertiary/aromatic N) is 4. The van der Waals surface area contributed by atoms with E-state index >= 15 is 0 Å². The Hall–Kier alpha value is -2.24. The Bertz CT molecular complexity index is 814. The molecule has 5 atom stereocenters. The van der Waals surface area contributed by atoms with Crippen molar-refractivity contribution in [3.05, 3.63) is 35.6 Å². The number of halogens is 1. The van der Waals surface area contributed by atoms with Crippen molar-refractivity contribution in [1.29, 1.82) is 0 Å². The second kappa shape index (κ2) is 6.73. The molecule has 27 heavy (non-hydrogen) atoms. The smallest absolute Gasteiger partial charge is 0.181 e. The van der Waals surface area contributed by atoms with Crippen molar-refractivity contribution in [2.45, 2.75) is 30.2 Å². The average molecular weight is 377 g/mol. The number of amidine groups is 1. The zero-order valence-electron chi connectivity index (χ0n) is 14.6. The van der Waals surface area contributed by atoms with E-state index in [0.29, 0.717) is 17.1 Å². The van der Waals surface area contributed by atoms with E-state index < -0.39 is 30.2 Å². The van der Waals surface area contributed by atoms with E-state index in [4.69, 9.17) is 15.2 Å². The number of benzene rings is 1. The Morgan fingerprint density at radius 1 is 1.41 bits per heavy atom. The molecule has 3 aliphatic rings. The lowest BCUT2D eigenvalue weighted by molar-refractivity contribution is -0.0765. The number of methoxy groups -OCH3 is 1. The molecule has 1 aromatic rings. The predicted octanol–water partition coefficient (Wildman–Crippen LogP) is -0.815. The molecular weight excluding hydrogens is 357 g/mol. The van der Waals surface area contributed by atoms with Crippen molar-refractivity contribution in [3.8, 4) is 0 Å². The topological polar surface area (TPSA) is 125 Å². The van der Waals surface area contributed by atoms with E-state index in [1.807, 2.05) is 0 Å². The molecule has 1 unspecified atom stereocenters. The van der Waals surface area contributed by atoms with E-state index in [0.717, 1.165) is 0 Å². The standard InChI is InChI=1S/C17H20FN5O4/c1-26-13-12(25)11(6-24)27-16(13)23-8-21-14-15(23)20-7-22-17(14,19)9-2-4-10(18)5-3-9/h2-5,7,11-13,16,24-25H,6,8,19H2,1H3/t11-,12-,13-,16-,17?/m1/s1. The van der Waals surface area contributed by atoms with Gasteiger partial charge in [0, 0.05) is 12.7 Å². The first-order valence-corrected chi connectivity index (χ1v) is 8.45. The number of rotatable bonds is 4. The van der Waals surface area contributed by atoms with Crippen LogP contribution in [0, 0.1) is 5.82 Å². The van der Waals surface area contributed by atoms with Gasteiger partial charge in [-0.3, -0.25) is 10.7 Å². The zero-order chi connectivity index (χ0) is 19.2. The number of ether oxygens (including phenoxy) is 2. The van der Waals surface area contributed by atoms with Gasteiger partial charge in [-0.2, -0.15) is 0 Å². The Balaban J connectivity index is 1.64. The molecule has 1 aromatic carbocycles. The van der Waals surface area contributed by atoms with Gasteiger partial charge in [0.15, 0.2) is 17.7 Å². The number of hydrogen-bond donors (Lipinski definition) is 3. The van der Waals surface area contributed by atoms with Crippen LogP contribution >= 0.6 is 0 Å². The van der Waals surface area contributed by atoms with Crippen LogP contribution in [0.15, 0.2) is 39.2 Å². The minimum Gasteiger partial charge on any atom is -0.394 e. The van der Waals surface area contributed by atoms with Crippen LogP contribution < -0.4 is 5.73 Å². The van der Waals surface area contributed by atoms with Crippen LogP contribution in [0.3, 0.4) is 0 Å². The third-order valence-electron chi connectivity index (χ3n) is 5.02. The number of hydrogen-bond acceptors (Lipinski definition) is 9. The van der Waals surface area contributed by atoms with Gasteiger partial charge in [0.1, 0.15) is 42.8 Å². The van der Waals surface area contributed by atoms with Crippen LogP contribution in [0.4, 0.5) is 4.39 Å². The molecule has 0 aromatic heterocycles. The quantitative estimate of drug-likeness (QED) is 0.630. The largest absolute Gasteiger partial charge is 0.394 e. The summed E-state index contributed by atoms with van der Waals surface area (Å²) in [6.07, 6.45) is -1.84. The van der Waals surface area contributed by atoms with Crippen molar-refractivity contribution in [3.63, 3.8) is 0 Å². The molecule has 4 rings (SSSR count). The Morgan fingerprint density at radius 3 is 2.81 bits per heavy atom. The van der Waals surface area contributed by atoms with Gasteiger partial charge in [0.25, 0.3) is 0 Å². The molecule has 10 heteroatoms. The number of nitrogens with two attached hydrogens (primary N) is 1. The third kappa shape index (κ3) is 2.77.